The fourth-order valence-electron chi connectivity index (χ4n) is 1.44. The van der Waals surface area contributed by atoms with Crippen LogP contribution in [0.4, 0.5) is 5.69 Å². The number of carbonyl (C=O) groups is 1. The summed E-state index contributed by atoms with van der Waals surface area (Å²) < 4.78 is 0.917. The van der Waals surface area contributed by atoms with Crippen LogP contribution in [0, 0.1) is 12.8 Å². The second-order valence-corrected chi connectivity index (χ2v) is 5.90. The second kappa shape index (κ2) is 9.99. The highest BCUT2D eigenvalue weighted by atomic mass is 127. The maximum Gasteiger partial charge on any atom is 0.246 e. The van der Waals surface area contributed by atoms with Crippen molar-refractivity contribution in [2.75, 3.05) is 18.4 Å². The van der Waals surface area contributed by atoms with Gasteiger partial charge in [0.05, 0.1) is 0 Å². The number of nitrogens with one attached hydrogen (secondary N) is 2. The fraction of sp³-hybridized carbons (Fsp3) is 0.429. The number of hydrogen-bond donors (Lipinski definition) is 3. The maximum absolute atomic E-state index is 11.8. The van der Waals surface area contributed by atoms with Crippen molar-refractivity contribution < 1.29 is 4.79 Å². The molecule has 1 amide bonds. The molecule has 0 unspecified atom stereocenters. The number of benzene rings is 1. The summed E-state index contributed by atoms with van der Waals surface area (Å²) in [5.41, 5.74) is 7.44. The maximum atomic E-state index is 11.8. The standard InChI is InChI=1S/C14H21BrN4O.HI/c1-9(2)7-17-14(16)18-8-13(20)19-12-6-11(15)5-4-10(12)3;/h4-6,9H,7-8H2,1-3H3,(H,19,20)(H3,16,17,18);1H. The number of aliphatic imine (C=N–C) groups is 1. The Kier molecular flexibility index (Phi) is 9.60. The Balaban J connectivity index is 0.00000400. The third-order valence-electron chi connectivity index (χ3n) is 2.56. The highest BCUT2D eigenvalue weighted by Gasteiger charge is 2.05. The molecule has 0 fully saturated rings. The Bertz CT molecular complexity index is 506. The van der Waals surface area contributed by atoms with Crippen LogP contribution >= 0.6 is 39.9 Å². The summed E-state index contributed by atoms with van der Waals surface area (Å²) in [4.78, 5) is 15.8. The zero-order valence-corrected chi connectivity index (χ0v) is 16.4. The molecule has 0 saturated carbocycles. The molecule has 1 aromatic rings. The van der Waals surface area contributed by atoms with E-state index in [1.165, 1.54) is 0 Å². The molecule has 0 aliphatic rings. The molecule has 118 valence electrons. The van der Waals surface area contributed by atoms with E-state index in [0.717, 1.165) is 22.3 Å². The molecule has 1 aromatic carbocycles. The first-order valence-corrected chi connectivity index (χ1v) is 7.27. The van der Waals surface area contributed by atoms with E-state index in [-0.39, 0.29) is 36.4 Å². The molecule has 4 N–H and O–H groups in total. The van der Waals surface area contributed by atoms with Crippen LogP contribution in [0.1, 0.15) is 19.4 Å². The lowest BCUT2D eigenvalue weighted by Gasteiger charge is -2.09. The van der Waals surface area contributed by atoms with E-state index in [4.69, 9.17) is 5.73 Å². The molecule has 0 radical (unpaired) electrons. The molecule has 0 aliphatic heterocycles. The van der Waals surface area contributed by atoms with E-state index in [1.54, 1.807) is 0 Å². The van der Waals surface area contributed by atoms with Gasteiger partial charge in [-0.1, -0.05) is 35.8 Å². The molecule has 0 atom stereocenters. The van der Waals surface area contributed by atoms with Crippen LogP contribution in [0.25, 0.3) is 0 Å². The zero-order chi connectivity index (χ0) is 15.1. The van der Waals surface area contributed by atoms with Gasteiger partial charge < -0.3 is 16.4 Å². The van der Waals surface area contributed by atoms with E-state index >= 15 is 0 Å². The normalized spacial score (nSPS) is 11.0. The molecule has 21 heavy (non-hydrogen) atoms. The van der Waals surface area contributed by atoms with Crippen LogP contribution in [-0.4, -0.2) is 25.0 Å². The lowest BCUT2D eigenvalue weighted by Crippen LogP contribution is -2.35. The van der Waals surface area contributed by atoms with Gasteiger partial charge in [-0.25, -0.2) is 4.99 Å². The number of rotatable bonds is 5. The van der Waals surface area contributed by atoms with Crippen LogP contribution in [0.3, 0.4) is 0 Å². The lowest BCUT2D eigenvalue weighted by molar-refractivity contribution is -0.114. The highest BCUT2D eigenvalue weighted by Crippen LogP contribution is 2.20. The molecule has 0 aliphatic carbocycles. The van der Waals surface area contributed by atoms with Crippen molar-refractivity contribution in [3.05, 3.63) is 28.2 Å². The van der Waals surface area contributed by atoms with Crippen molar-refractivity contribution in [2.24, 2.45) is 16.6 Å². The van der Waals surface area contributed by atoms with Crippen molar-refractivity contribution >= 4 is 57.5 Å². The van der Waals surface area contributed by atoms with E-state index in [0.29, 0.717) is 11.9 Å². The van der Waals surface area contributed by atoms with Crippen LogP contribution in [0.15, 0.2) is 27.7 Å². The predicted octanol–water partition coefficient (Wildman–Crippen LogP) is 2.87. The SMILES string of the molecule is Cc1ccc(Br)cc1NC(=O)CN=C(N)NCC(C)C.I. The van der Waals surface area contributed by atoms with Gasteiger partial charge in [0, 0.05) is 16.7 Å². The van der Waals surface area contributed by atoms with Gasteiger partial charge in [-0.05, 0) is 30.5 Å². The largest absolute Gasteiger partial charge is 0.370 e. The molecule has 0 aromatic heterocycles. The zero-order valence-electron chi connectivity index (χ0n) is 12.4. The molecule has 0 bridgehead atoms. The minimum absolute atomic E-state index is 0. The fourth-order valence-corrected chi connectivity index (χ4v) is 1.80. The number of nitrogens with two attached hydrogens (primary N) is 1. The number of amides is 1. The smallest absolute Gasteiger partial charge is 0.246 e. The van der Waals surface area contributed by atoms with Crippen molar-refractivity contribution in [3.63, 3.8) is 0 Å². The minimum Gasteiger partial charge on any atom is -0.370 e. The van der Waals surface area contributed by atoms with E-state index in [1.807, 2.05) is 25.1 Å². The molecule has 0 spiro atoms. The number of carbonyl (C=O) groups excluding carboxylic acids is 1. The van der Waals surface area contributed by atoms with Gasteiger partial charge in [-0.3, -0.25) is 4.79 Å². The van der Waals surface area contributed by atoms with Crippen molar-refractivity contribution in [2.45, 2.75) is 20.8 Å². The Morgan fingerprint density at radius 3 is 2.71 bits per heavy atom. The summed E-state index contributed by atoms with van der Waals surface area (Å²) in [5, 5.41) is 5.77. The Morgan fingerprint density at radius 1 is 1.43 bits per heavy atom. The summed E-state index contributed by atoms with van der Waals surface area (Å²) in [6.07, 6.45) is 0. The predicted molar refractivity (Wildman–Crippen MR) is 102 cm³/mol. The van der Waals surface area contributed by atoms with Crippen LogP contribution in [0.2, 0.25) is 0 Å². The van der Waals surface area contributed by atoms with Crippen molar-refractivity contribution in [1.29, 1.82) is 0 Å². The number of hydrogen-bond acceptors (Lipinski definition) is 2. The molecular weight excluding hydrogens is 447 g/mol. The van der Waals surface area contributed by atoms with Gasteiger partial charge in [-0.15, -0.1) is 24.0 Å². The number of anilines is 1. The van der Waals surface area contributed by atoms with Crippen LogP contribution in [-0.2, 0) is 4.79 Å². The van der Waals surface area contributed by atoms with Gasteiger partial charge in [0.25, 0.3) is 0 Å². The van der Waals surface area contributed by atoms with E-state index in [9.17, 15) is 4.79 Å². The summed E-state index contributed by atoms with van der Waals surface area (Å²) in [6, 6.07) is 5.72. The van der Waals surface area contributed by atoms with Gasteiger partial charge in [0.2, 0.25) is 5.91 Å². The highest BCUT2D eigenvalue weighted by molar-refractivity contribution is 14.0. The first-order chi connectivity index (χ1) is 9.38. The quantitative estimate of drug-likeness (QED) is 0.353. The average molecular weight is 469 g/mol. The molecule has 1 rings (SSSR count). The third-order valence-corrected chi connectivity index (χ3v) is 3.05. The molecule has 0 heterocycles. The van der Waals surface area contributed by atoms with Crippen molar-refractivity contribution in [3.8, 4) is 0 Å². The minimum atomic E-state index is -0.194. The molecule has 7 heteroatoms. The lowest BCUT2D eigenvalue weighted by atomic mass is 10.2. The first kappa shape index (κ1) is 20.2. The summed E-state index contributed by atoms with van der Waals surface area (Å²) in [6.45, 7) is 6.82. The first-order valence-electron chi connectivity index (χ1n) is 6.48. The summed E-state index contributed by atoms with van der Waals surface area (Å²) in [5.74, 6) is 0.571. The van der Waals surface area contributed by atoms with Gasteiger partial charge >= 0.3 is 0 Å². The molecule has 0 saturated heterocycles. The molecule has 5 nitrogen and oxygen atoms in total. The van der Waals surface area contributed by atoms with E-state index in [2.05, 4.69) is 45.4 Å². The Labute approximate surface area is 151 Å². The number of nitrogens with zero attached hydrogens (tertiary/aromatic N) is 1. The van der Waals surface area contributed by atoms with Gasteiger partial charge in [0.15, 0.2) is 5.96 Å². The number of halogens is 2. The Hall–Kier alpha value is -0.830. The Morgan fingerprint density at radius 2 is 2.10 bits per heavy atom. The number of aryl methyl sites for hydroxylation is 1. The second-order valence-electron chi connectivity index (χ2n) is 4.98. The van der Waals surface area contributed by atoms with Gasteiger partial charge in [0.1, 0.15) is 6.54 Å². The molecular formula is C14H22BrIN4O. The number of guanidine groups is 1. The van der Waals surface area contributed by atoms with Crippen LogP contribution < -0.4 is 16.4 Å². The third kappa shape index (κ3) is 8.25. The topological polar surface area (TPSA) is 79.5 Å². The monoisotopic (exact) mass is 468 g/mol. The van der Waals surface area contributed by atoms with Crippen LogP contribution in [0.5, 0.6) is 0 Å². The van der Waals surface area contributed by atoms with Gasteiger partial charge in [-0.2, -0.15) is 0 Å². The van der Waals surface area contributed by atoms with E-state index < -0.39 is 0 Å². The summed E-state index contributed by atoms with van der Waals surface area (Å²) >= 11 is 3.37. The van der Waals surface area contributed by atoms with Crippen molar-refractivity contribution in [1.82, 2.24) is 5.32 Å². The average Bonchev–Trinajstić information content (AvgIpc) is 2.38. The summed E-state index contributed by atoms with van der Waals surface area (Å²) in [7, 11) is 0.